The van der Waals surface area contributed by atoms with E-state index in [0.29, 0.717) is 24.0 Å². The van der Waals surface area contributed by atoms with Gasteiger partial charge in [-0.2, -0.15) is 0 Å². The maximum absolute atomic E-state index is 11.2. The SMILES string of the molecule is O=S1(=O)CCC(CNc2ncc[nH]2)C1. The molecule has 0 radical (unpaired) electrons. The number of H-pyrrole nitrogens is 1. The van der Waals surface area contributed by atoms with Gasteiger partial charge < -0.3 is 10.3 Å². The van der Waals surface area contributed by atoms with Crippen LogP contribution in [-0.4, -0.2) is 36.4 Å². The number of anilines is 1. The van der Waals surface area contributed by atoms with Gasteiger partial charge in [-0.1, -0.05) is 0 Å². The fourth-order valence-electron chi connectivity index (χ4n) is 1.64. The summed E-state index contributed by atoms with van der Waals surface area (Å²) in [6.07, 6.45) is 4.15. The van der Waals surface area contributed by atoms with Crippen LogP contribution in [0.1, 0.15) is 6.42 Å². The Morgan fingerprint density at radius 2 is 2.50 bits per heavy atom. The average molecular weight is 215 g/mol. The van der Waals surface area contributed by atoms with Crippen LogP contribution in [0.5, 0.6) is 0 Å². The molecule has 2 heterocycles. The fourth-order valence-corrected chi connectivity index (χ4v) is 3.50. The van der Waals surface area contributed by atoms with Crippen molar-refractivity contribution in [3.63, 3.8) is 0 Å². The Morgan fingerprint density at radius 1 is 1.64 bits per heavy atom. The highest BCUT2D eigenvalue weighted by Gasteiger charge is 2.27. The van der Waals surface area contributed by atoms with Crippen molar-refractivity contribution < 1.29 is 8.42 Å². The van der Waals surface area contributed by atoms with E-state index in [1.54, 1.807) is 12.4 Å². The molecule has 1 unspecified atom stereocenters. The third-order valence-corrected chi connectivity index (χ3v) is 4.22. The van der Waals surface area contributed by atoms with Crippen molar-refractivity contribution >= 4 is 15.8 Å². The van der Waals surface area contributed by atoms with Crippen molar-refractivity contribution in [3.05, 3.63) is 12.4 Å². The van der Waals surface area contributed by atoms with Crippen LogP contribution >= 0.6 is 0 Å². The van der Waals surface area contributed by atoms with Gasteiger partial charge in [0.25, 0.3) is 0 Å². The molecule has 1 saturated heterocycles. The maximum Gasteiger partial charge on any atom is 0.200 e. The zero-order chi connectivity index (χ0) is 10.0. The first-order valence-electron chi connectivity index (χ1n) is 4.59. The molecule has 1 aliphatic rings. The van der Waals surface area contributed by atoms with Crippen molar-refractivity contribution in [2.45, 2.75) is 6.42 Å². The Bertz CT molecular complexity index is 385. The molecule has 2 N–H and O–H groups in total. The smallest absolute Gasteiger partial charge is 0.200 e. The second-order valence-electron chi connectivity index (χ2n) is 3.59. The summed E-state index contributed by atoms with van der Waals surface area (Å²) in [4.78, 5) is 6.91. The van der Waals surface area contributed by atoms with E-state index < -0.39 is 9.84 Å². The van der Waals surface area contributed by atoms with Gasteiger partial charge in [-0.05, 0) is 12.3 Å². The summed E-state index contributed by atoms with van der Waals surface area (Å²) < 4.78 is 22.3. The second-order valence-corrected chi connectivity index (χ2v) is 5.82. The topological polar surface area (TPSA) is 74.8 Å². The predicted molar refractivity (Wildman–Crippen MR) is 53.8 cm³/mol. The molecule has 1 aliphatic heterocycles. The lowest BCUT2D eigenvalue weighted by molar-refractivity contribution is 0.595. The number of hydrogen-bond donors (Lipinski definition) is 2. The first-order chi connectivity index (χ1) is 6.66. The molecule has 0 amide bonds. The lowest BCUT2D eigenvalue weighted by Gasteiger charge is -2.07. The summed E-state index contributed by atoms with van der Waals surface area (Å²) in [5.41, 5.74) is 0. The van der Waals surface area contributed by atoms with E-state index in [0.717, 1.165) is 6.42 Å². The van der Waals surface area contributed by atoms with Gasteiger partial charge in [-0.25, -0.2) is 13.4 Å². The largest absolute Gasteiger partial charge is 0.356 e. The molecule has 1 aromatic heterocycles. The molecule has 14 heavy (non-hydrogen) atoms. The molecule has 5 nitrogen and oxygen atoms in total. The van der Waals surface area contributed by atoms with Gasteiger partial charge in [-0.3, -0.25) is 0 Å². The normalized spacial score (nSPS) is 25.0. The average Bonchev–Trinajstić information content (AvgIpc) is 2.70. The van der Waals surface area contributed by atoms with E-state index in [4.69, 9.17) is 0 Å². The van der Waals surface area contributed by atoms with E-state index in [-0.39, 0.29) is 5.92 Å². The Morgan fingerprint density at radius 3 is 3.07 bits per heavy atom. The standard InChI is InChI=1S/C8H13N3O2S/c12-14(13)4-1-7(6-14)5-11-8-9-2-3-10-8/h2-3,7H,1,4-6H2,(H2,9,10,11). The number of hydrogen-bond acceptors (Lipinski definition) is 4. The lowest BCUT2D eigenvalue weighted by atomic mass is 10.1. The molecule has 0 bridgehead atoms. The third kappa shape index (κ3) is 2.25. The molecule has 0 aromatic carbocycles. The van der Waals surface area contributed by atoms with Gasteiger partial charge in [0.05, 0.1) is 11.5 Å². The minimum Gasteiger partial charge on any atom is -0.356 e. The number of aromatic nitrogens is 2. The molecule has 1 atom stereocenters. The summed E-state index contributed by atoms with van der Waals surface area (Å²) in [6, 6.07) is 0. The van der Waals surface area contributed by atoms with E-state index in [9.17, 15) is 8.42 Å². The van der Waals surface area contributed by atoms with E-state index in [1.807, 2.05) is 0 Å². The van der Waals surface area contributed by atoms with Crippen molar-refractivity contribution in [1.82, 2.24) is 9.97 Å². The molecule has 78 valence electrons. The zero-order valence-corrected chi connectivity index (χ0v) is 8.55. The monoisotopic (exact) mass is 215 g/mol. The lowest BCUT2D eigenvalue weighted by Crippen LogP contribution is -2.16. The number of rotatable bonds is 3. The molecule has 0 aliphatic carbocycles. The summed E-state index contributed by atoms with van der Waals surface area (Å²) in [6.45, 7) is 0.673. The summed E-state index contributed by atoms with van der Waals surface area (Å²) in [7, 11) is -2.76. The quantitative estimate of drug-likeness (QED) is 0.758. The van der Waals surface area contributed by atoms with Crippen LogP contribution in [0.15, 0.2) is 12.4 Å². The summed E-state index contributed by atoms with van der Waals surface area (Å²) in [5, 5.41) is 3.07. The van der Waals surface area contributed by atoms with Crippen LogP contribution in [0.3, 0.4) is 0 Å². The van der Waals surface area contributed by atoms with Crippen LogP contribution in [0, 0.1) is 5.92 Å². The minimum atomic E-state index is -2.76. The van der Waals surface area contributed by atoms with Gasteiger partial charge in [-0.15, -0.1) is 0 Å². The first-order valence-corrected chi connectivity index (χ1v) is 6.41. The van der Waals surface area contributed by atoms with Crippen LogP contribution in [0.25, 0.3) is 0 Å². The summed E-state index contributed by atoms with van der Waals surface area (Å²) >= 11 is 0. The van der Waals surface area contributed by atoms with Gasteiger partial charge in [0, 0.05) is 18.9 Å². The summed E-state index contributed by atoms with van der Waals surface area (Å²) in [5.74, 6) is 1.57. The van der Waals surface area contributed by atoms with Gasteiger partial charge >= 0.3 is 0 Å². The highest BCUT2D eigenvalue weighted by Crippen LogP contribution is 2.18. The van der Waals surface area contributed by atoms with Crippen molar-refractivity contribution in [1.29, 1.82) is 0 Å². The van der Waals surface area contributed by atoms with E-state index in [1.165, 1.54) is 0 Å². The second kappa shape index (κ2) is 3.61. The highest BCUT2D eigenvalue weighted by molar-refractivity contribution is 7.91. The molecule has 2 rings (SSSR count). The Kier molecular flexibility index (Phi) is 2.45. The molecule has 0 saturated carbocycles. The molecule has 1 aromatic rings. The number of nitrogens with one attached hydrogen (secondary N) is 2. The fraction of sp³-hybridized carbons (Fsp3) is 0.625. The van der Waals surface area contributed by atoms with Gasteiger partial charge in [0.15, 0.2) is 15.8 Å². The number of aromatic amines is 1. The number of imidazole rings is 1. The first kappa shape index (κ1) is 9.51. The van der Waals surface area contributed by atoms with Crippen LogP contribution in [0.4, 0.5) is 5.95 Å². The molecular formula is C8H13N3O2S. The maximum atomic E-state index is 11.2. The third-order valence-electron chi connectivity index (χ3n) is 2.38. The molecule has 6 heteroatoms. The Hall–Kier alpha value is -1.04. The van der Waals surface area contributed by atoms with Gasteiger partial charge in [0.1, 0.15) is 0 Å². The molecular weight excluding hydrogens is 202 g/mol. The Balaban J connectivity index is 1.83. The van der Waals surface area contributed by atoms with Crippen molar-refractivity contribution in [3.8, 4) is 0 Å². The Labute approximate surface area is 82.9 Å². The molecule has 1 fully saturated rings. The van der Waals surface area contributed by atoms with E-state index in [2.05, 4.69) is 15.3 Å². The van der Waals surface area contributed by atoms with Crippen molar-refractivity contribution in [2.24, 2.45) is 5.92 Å². The van der Waals surface area contributed by atoms with E-state index >= 15 is 0 Å². The zero-order valence-electron chi connectivity index (χ0n) is 7.73. The highest BCUT2D eigenvalue weighted by atomic mass is 32.2. The van der Waals surface area contributed by atoms with Crippen LogP contribution < -0.4 is 5.32 Å². The number of nitrogens with zero attached hydrogens (tertiary/aromatic N) is 1. The van der Waals surface area contributed by atoms with Gasteiger partial charge in [0.2, 0.25) is 0 Å². The van der Waals surface area contributed by atoms with Crippen LogP contribution in [-0.2, 0) is 9.84 Å². The minimum absolute atomic E-state index is 0.227. The predicted octanol–water partition coefficient (Wildman–Crippen LogP) is 0.256. The number of sulfone groups is 1. The van der Waals surface area contributed by atoms with Crippen LogP contribution in [0.2, 0.25) is 0 Å². The van der Waals surface area contributed by atoms with Crippen molar-refractivity contribution in [2.75, 3.05) is 23.4 Å². The molecule has 0 spiro atoms.